The number of hydrogen-bond acceptors (Lipinski definition) is 3. The van der Waals surface area contributed by atoms with Crippen LogP contribution in [0.2, 0.25) is 5.02 Å². The third kappa shape index (κ3) is 3.36. The van der Waals surface area contributed by atoms with Gasteiger partial charge in [-0.3, -0.25) is 14.2 Å². The molecule has 0 atom stereocenters. The van der Waals surface area contributed by atoms with Crippen molar-refractivity contribution in [2.75, 3.05) is 6.54 Å². The largest absolute Gasteiger partial charge is 0.355 e. The Balaban J connectivity index is 2.19. The van der Waals surface area contributed by atoms with Crippen LogP contribution in [-0.4, -0.2) is 22.0 Å². The zero-order chi connectivity index (χ0) is 14.5. The van der Waals surface area contributed by atoms with Crippen molar-refractivity contribution in [3.63, 3.8) is 0 Å². The van der Waals surface area contributed by atoms with Crippen LogP contribution in [0.25, 0.3) is 10.9 Å². The molecule has 2 rings (SSSR count). The molecule has 106 valence electrons. The molecule has 0 spiro atoms. The fourth-order valence-corrected chi connectivity index (χ4v) is 2.03. The number of halogens is 1. The Morgan fingerprint density at radius 1 is 1.45 bits per heavy atom. The molecule has 0 bridgehead atoms. The minimum atomic E-state index is -0.239. The van der Waals surface area contributed by atoms with Gasteiger partial charge in [-0.25, -0.2) is 4.98 Å². The maximum absolute atomic E-state index is 12.2. The molecular weight excluding hydrogens is 278 g/mol. The summed E-state index contributed by atoms with van der Waals surface area (Å²) in [7, 11) is 0. The SMILES string of the molecule is CCCCNC(=O)Cn1cnc2cc(Cl)ccc2c1=O. The van der Waals surface area contributed by atoms with Crippen LogP contribution in [0.4, 0.5) is 0 Å². The zero-order valence-electron chi connectivity index (χ0n) is 11.2. The van der Waals surface area contributed by atoms with E-state index in [0.29, 0.717) is 22.5 Å². The summed E-state index contributed by atoms with van der Waals surface area (Å²) in [6, 6.07) is 4.89. The van der Waals surface area contributed by atoms with Crippen LogP contribution in [0, 0.1) is 0 Å². The molecule has 0 saturated heterocycles. The minimum Gasteiger partial charge on any atom is -0.355 e. The Bertz CT molecular complexity index is 682. The van der Waals surface area contributed by atoms with Crippen molar-refractivity contribution >= 4 is 28.4 Å². The maximum atomic E-state index is 12.2. The quantitative estimate of drug-likeness (QED) is 0.857. The molecule has 2 aromatic rings. The molecule has 1 amide bonds. The molecular formula is C14H16ClN3O2. The molecule has 1 aromatic carbocycles. The molecule has 5 nitrogen and oxygen atoms in total. The molecule has 6 heteroatoms. The van der Waals surface area contributed by atoms with E-state index in [4.69, 9.17) is 11.6 Å². The first-order chi connectivity index (χ1) is 9.61. The lowest BCUT2D eigenvalue weighted by Crippen LogP contribution is -2.32. The molecule has 1 aromatic heterocycles. The summed E-state index contributed by atoms with van der Waals surface area (Å²) in [6.07, 6.45) is 3.31. The van der Waals surface area contributed by atoms with E-state index in [9.17, 15) is 9.59 Å². The summed E-state index contributed by atoms with van der Waals surface area (Å²) in [4.78, 5) is 28.1. The number of rotatable bonds is 5. The van der Waals surface area contributed by atoms with Gasteiger partial charge in [0, 0.05) is 11.6 Å². The standard InChI is InChI=1S/C14H16ClN3O2/c1-2-3-6-16-13(19)8-18-9-17-12-7-10(15)4-5-11(12)14(18)20/h4-5,7,9H,2-3,6,8H2,1H3,(H,16,19). The zero-order valence-corrected chi connectivity index (χ0v) is 12.0. The first kappa shape index (κ1) is 14.5. The lowest BCUT2D eigenvalue weighted by atomic mass is 10.2. The van der Waals surface area contributed by atoms with Gasteiger partial charge in [0.1, 0.15) is 6.54 Å². The van der Waals surface area contributed by atoms with E-state index in [1.54, 1.807) is 18.2 Å². The normalized spacial score (nSPS) is 10.7. The monoisotopic (exact) mass is 293 g/mol. The van der Waals surface area contributed by atoms with E-state index >= 15 is 0 Å². The molecule has 0 radical (unpaired) electrons. The first-order valence-electron chi connectivity index (χ1n) is 6.53. The highest BCUT2D eigenvalue weighted by molar-refractivity contribution is 6.31. The van der Waals surface area contributed by atoms with E-state index < -0.39 is 0 Å². The van der Waals surface area contributed by atoms with Crippen LogP contribution in [-0.2, 0) is 11.3 Å². The number of amides is 1. The van der Waals surface area contributed by atoms with E-state index in [1.807, 2.05) is 0 Å². The van der Waals surface area contributed by atoms with Crippen molar-refractivity contribution < 1.29 is 4.79 Å². The van der Waals surface area contributed by atoms with Crippen molar-refractivity contribution in [3.8, 4) is 0 Å². The number of hydrogen-bond donors (Lipinski definition) is 1. The molecule has 0 fully saturated rings. The van der Waals surface area contributed by atoms with Crippen molar-refractivity contribution in [2.24, 2.45) is 0 Å². The second-order valence-corrected chi connectivity index (χ2v) is 4.98. The molecule has 0 aliphatic rings. The summed E-state index contributed by atoms with van der Waals surface area (Å²) in [5.74, 6) is -0.185. The number of carbonyl (C=O) groups excluding carboxylic acids is 1. The third-order valence-electron chi connectivity index (χ3n) is 2.95. The predicted molar refractivity (Wildman–Crippen MR) is 78.9 cm³/mol. The van der Waals surface area contributed by atoms with Crippen LogP contribution in [0.1, 0.15) is 19.8 Å². The van der Waals surface area contributed by atoms with Crippen molar-refractivity contribution in [3.05, 3.63) is 39.9 Å². The fourth-order valence-electron chi connectivity index (χ4n) is 1.86. The van der Waals surface area contributed by atoms with Gasteiger partial charge in [0.25, 0.3) is 5.56 Å². The second-order valence-electron chi connectivity index (χ2n) is 4.54. The Morgan fingerprint density at radius 2 is 2.25 bits per heavy atom. The van der Waals surface area contributed by atoms with E-state index in [0.717, 1.165) is 12.8 Å². The van der Waals surface area contributed by atoms with Crippen molar-refractivity contribution in [2.45, 2.75) is 26.3 Å². The first-order valence-corrected chi connectivity index (χ1v) is 6.91. The van der Waals surface area contributed by atoms with Gasteiger partial charge >= 0.3 is 0 Å². The van der Waals surface area contributed by atoms with Crippen molar-refractivity contribution in [1.29, 1.82) is 0 Å². The number of carbonyl (C=O) groups is 1. The van der Waals surface area contributed by atoms with Gasteiger partial charge in [-0.1, -0.05) is 24.9 Å². The highest BCUT2D eigenvalue weighted by Crippen LogP contribution is 2.13. The van der Waals surface area contributed by atoms with Gasteiger partial charge in [-0.2, -0.15) is 0 Å². The fraction of sp³-hybridized carbons (Fsp3) is 0.357. The molecule has 0 saturated carbocycles. The van der Waals surface area contributed by atoms with Crippen LogP contribution in [0.5, 0.6) is 0 Å². The summed E-state index contributed by atoms with van der Waals surface area (Å²) in [6.45, 7) is 2.66. The summed E-state index contributed by atoms with van der Waals surface area (Å²) in [5, 5.41) is 3.75. The molecule has 0 unspecified atom stereocenters. The number of fused-ring (bicyclic) bond motifs is 1. The summed E-state index contributed by atoms with van der Waals surface area (Å²) >= 11 is 5.85. The average molecular weight is 294 g/mol. The smallest absolute Gasteiger partial charge is 0.261 e. The number of benzene rings is 1. The minimum absolute atomic E-state index is 0.0197. The van der Waals surface area contributed by atoms with E-state index in [-0.39, 0.29) is 18.0 Å². The summed E-state index contributed by atoms with van der Waals surface area (Å²) < 4.78 is 1.30. The molecule has 1 heterocycles. The maximum Gasteiger partial charge on any atom is 0.261 e. The highest BCUT2D eigenvalue weighted by atomic mass is 35.5. The van der Waals surface area contributed by atoms with Crippen molar-refractivity contribution in [1.82, 2.24) is 14.9 Å². The van der Waals surface area contributed by atoms with E-state index in [1.165, 1.54) is 10.9 Å². The van der Waals surface area contributed by atoms with Gasteiger partial charge in [0.05, 0.1) is 17.2 Å². The Labute approximate surface area is 121 Å². The van der Waals surface area contributed by atoms with E-state index in [2.05, 4.69) is 17.2 Å². The number of unbranched alkanes of at least 4 members (excludes halogenated alkanes) is 1. The Hall–Kier alpha value is -1.88. The highest BCUT2D eigenvalue weighted by Gasteiger charge is 2.08. The number of nitrogens with zero attached hydrogens (tertiary/aromatic N) is 2. The second kappa shape index (κ2) is 6.52. The van der Waals surface area contributed by atoms with Gasteiger partial charge in [0.15, 0.2) is 0 Å². The Morgan fingerprint density at radius 3 is 3.00 bits per heavy atom. The summed E-state index contributed by atoms with van der Waals surface area (Å²) in [5.41, 5.74) is 0.294. The predicted octanol–water partition coefficient (Wildman–Crippen LogP) is 1.97. The average Bonchev–Trinajstić information content (AvgIpc) is 2.42. The van der Waals surface area contributed by atoms with Gasteiger partial charge in [-0.15, -0.1) is 0 Å². The topological polar surface area (TPSA) is 64.0 Å². The molecule has 0 aliphatic carbocycles. The lowest BCUT2D eigenvalue weighted by Gasteiger charge is -2.07. The van der Waals surface area contributed by atoms with Gasteiger partial charge < -0.3 is 5.32 Å². The number of nitrogens with one attached hydrogen (secondary N) is 1. The van der Waals surface area contributed by atoms with Gasteiger partial charge in [0.2, 0.25) is 5.91 Å². The van der Waals surface area contributed by atoms with Crippen LogP contribution >= 0.6 is 11.6 Å². The lowest BCUT2D eigenvalue weighted by molar-refractivity contribution is -0.121. The van der Waals surface area contributed by atoms with Crippen LogP contribution in [0.15, 0.2) is 29.3 Å². The van der Waals surface area contributed by atoms with Crippen LogP contribution in [0.3, 0.4) is 0 Å². The third-order valence-corrected chi connectivity index (χ3v) is 3.19. The number of aromatic nitrogens is 2. The van der Waals surface area contributed by atoms with Crippen LogP contribution < -0.4 is 10.9 Å². The molecule has 20 heavy (non-hydrogen) atoms. The molecule has 1 N–H and O–H groups in total. The Kier molecular flexibility index (Phi) is 4.74. The molecule has 0 aliphatic heterocycles. The van der Waals surface area contributed by atoms with Gasteiger partial charge in [-0.05, 0) is 24.6 Å².